The maximum Gasteiger partial charge on any atom is 0.325 e. The molecule has 2 unspecified atom stereocenters. The molecule has 1 heterocycles. The molecule has 0 spiro atoms. The number of aliphatic hydroxyl groups excluding tert-OH is 1. The van der Waals surface area contributed by atoms with E-state index < -0.39 is 28.5 Å². The van der Waals surface area contributed by atoms with Gasteiger partial charge in [0.05, 0.1) is 17.5 Å². The zero-order valence-electron chi connectivity index (χ0n) is 15.4. The molecule has 0 saturated carbocycles. The van der Waals surface area contributed by atoms with Gasteiger partial charge in [-0.1, -0.05) is 29.8 Å². The summed E-state index contributed by atoms with van der Waals surface area (Å²) in [5.74, 6) is -0.319. The van der Waals surface area contributed by atoms with Crippen LogP contribution in [0.4, 0.5) is 10.5 Å². The molecule has 0 bridgehead atoms. The highest BCUT2D eigenvalue weighted by atomic mass is 35.5. The van der Waals surface area contributed by atoms with Crippen LogP contribution in [0.5, 0.6) is 5.75 Å². The number of urea groups is 1. The number of imide groups is 1. The zero-order valence-corrected chi connectivity index (χ0v) is 16.1. The molecule has 2 aromatic rings. The molecule has 9 nitrogen and oxygen atoms in total. The summed E-state index contributed by atoms with van der Waals surface area (Å²) in [4.78, 5) is 36.3. The molecule has 0 aliphatic carbocycles. The number of nitrogens with one attached hydrogen (secondary N) is 1. The van der Waals surface area contributed by atoms with Gasteiger partial charge in [-0.2, -0.15) is 0 Å². The molecule has 152 valence electrons. The van der Waals surface area contributed by atoms with Crippen molar-refractivity contribution in [1.82, 2.24) is 10.2 Å². The Morgan fingerprint density at radius 1 is 1.28 bits per heavy atom. The number of nitro benzene ring substituents is 1. The molecule has 3 rings (SSSR count). The number of carbonyl (C=O) groups is 2. The largest absolute Gasteiger partial charge is 0.491 e. The molecule has 10 heteroatoms. The molecule has 2 atom stereocenters. The number of β-amino-alcohol motifs (C(OH)–C–C–N with tert-alkyl or cyclic N) is 1. The van der Waals surface area contributed by atoms with Crippen molar-refractivity contribution in [3.05, 3.63) is 69.2 Å². The Balaban J connectivity index is 1.64. The standard InChI is InChI=1S/C19H18ClN3O6/c1-19(12-5-7-13(20)8-6-12)17(25)22(18(26)21-19)10-15(24)11-29-16-4-2-3-14(9-16)23(27)28/h2-9,15,24H,10-11H2,1H3,(H,21,26). The third-order valence-corrected chi connectivity index (χ3v) is 4.81. The third kappa shape index (κ3) is 4.30. The molecule has 1 fully saturated rings. The number of amides is 3. The number of nitro groups is 1. The molecule has 2 N–H and O–H groups in total. The number of benzene rings is 2. The summed E-state index contributed by atoms with van der Waals surface area (Å²) >= 11 is 5.87. The Labute approximate surface area is 171 Å². The maximum absolute atomic E-state index is 12.8. The number of aliphatic hydroxyl groups is 1. The van der Waals surface area contributed by atoms with Crippen LogP contribution >= 0.6 is 11.6 Å². The fraction of sp³-hybridized carbons (Fsp3) is 0.263. The molecule has 1 saturated heterocycles. The monoisotopic (exact) mass is 419 g/mol. The second kappa shape index (κ2) is 8.06. The van der Waals surface area contributed by atoms with E-state index in [9.17, 15) is 24.8 Å². The van der Waals surface area contributed by atoms with Crippen molar-refractivity contribution < 1.29 is 24.4 Å². The van der Waals surface area contributed by atoms with Crippen molar-refractivity contribution in [3.63, 3.8) is 0 Å². The molecule has 0 radical (unpaired) electrons. The smallest absolute Gasteiger partial charge is 0.325 e. The van der Waals surface area contributed by atoms with Gasteiger partial charge in [0.2, 0.25) is 0 Å². The van der Waals surface area contributed by atoms with Crippen LogP contribution in [0.15, 0.2) is 48.5 Å². The molecular weight excluding hydrogens is 402 g/mol. The summed E-state index contributed by atoms with van der Waals surface area (Å²) in [7, 11) is 0. The predicted molar refractivity (Wildman–Crippen MR) is 104 cm³/mol. The topological polar surface area (TPSA) is 122 Å². The number of nitrogens with zero attached hydrogens (tertiary/aromatic N) is 2. The molecule has 1 aliphatic heterocycles. The average Bonchev–Trinajstić information content (AvgIpc) is 2.91. The van der Waals surface area contributed by atoms with Gasteiger partial charge in [-0.15, -0.1) is 0 Å². The van der Waals surface area contributed by atoms with E-state index in [-0.39, 0.29) is 24.6 Å². The van der Waals surface area contributed by atoms with Crippen molar-refractivity contribution in [3.8, 4) is 5.75 Å². The quantitative estimate of drug-likeness (QED) is 0.404. The zero-order chi connectivity index (χ0) is 21.2. The molecule has 0 aromatic heterocycles. The second-order valence-electron chi connectivity index (χ2n) is 6.70. The molecule has 2 aromatic carbocycles. The van der Waals surface area contributed by atoms with E-state index in [1.165, 1.54) is 24.3 Å². The number of non-ortho nitro benzene ring substituents is 1. The van der Waals surface area contributed by atoms with Crippen molar-refractivity contribution in [2.24, 2.45) is 0 Å². The summed E-state index contributed by atoms with van der Waals surface area (Å²) in [6.45, 7) is 1.03. The Bertz CT molecular complexity index is 951. The number of hydrogen-bond donors (Lipinski definition) is 2. The van der Waals surface area contributed by atoms with Crippen molar-refractivity contribution >= 4 is 29.2 Å². The van der Waals surface area contributed by atoms with E-state index in [1.54, 1.807) is 31.2 Å². The minimum atomic E-state index is -1.28. The van der Waals surface area contributed by atoms with Crippen LogP contribution in [0.1, 0.15) is 12.5 Å². The van der Waals surface area contributed by atoms with Crippen LogP contribution in [0.3, 0.4) is 0 Å². The lowest BCUT2D eigenvalue weighted by atomic mass is 9.92. The van der Waals surface area contributed by atoms with Crippen LogP contribution < -0.4 is 10.1 Å². The molecule has 3 amide bonds. The van der Waals surface area contributed by atoms with E-state index in [2.05, 4.69) is 5.32 Å². The normalized spacial score (nSPS) is 19.8. The first-order valence-corrected chi connectivity index (χ1v) is 9.04. The summed E-state index contributed by atoms with van der Waals surface area (Å²) in [5, 5.41) is 24.1. The number of hydrogen-bond acceptors (Lipinski definition) is 6. The average molecular weight is 420 g/mol. The van der Waals surface area contributed by atoms with E-state index in [0.29, 0.717) is 10.6 Å². The SMILES string of the molecule is CC1(c2ccc(Cl)cc2)NC(=O)N(CC(O)COc2cccc([N+](=O)[O-])c2)C1=O. The Morgan fingerprint density at radius 3 is 2.62 bits per heavy atom. The fourth-order valence-electron chi connectivity index (χ4n) is 2.98. The molecule has 1 aliphatic rings. The van der Waals surface area contributed by atoms with Gasteiger partial charge in [-0.3, -0.25) is 19.8 Å². The fourth-order valence-corrected chi connectivity index (χ4v) is 3.11. The lowest BCUT2D eigenvalue weighted by Gasteiger charge is -2.23. The summed E-state index contributed by atoms with van der Waals surface area (Å²) in [6.07, 6.45) is -1.18. The first kappa shape index (κ1) is 20.6. The second-order valence-corrected chi connectivity index (χ2v) is 7.13. The van der Waals surface area contributed by atoms with Gasteiger partial charge in [-0.05, 0) is 30.7 Å². The maximum atomic E-state index is 12.8. The van der Waals surface area contributed by atoms with E-state index in [4.69, 9.17) is 16.3 Å². The molecular formula is C19H18ClN3O6. The van der Waals surface area contributed by atoms with Crippen molar-refractivity contribution in [2.75, 3.05) is 13.2 Å². The van der Waals surface area contributed by atoms with Gasteiger partial charge in [0.15, 0.2) is 0 Å². The van der Waals surface area contributed by atoms with Gasteiger partial charge in [0.1, 0.15) is 24.0 Å². The Kier molecular flexibility index (Phi) is 5.71. The number of rotatable bonds is 7. The van der Waals surface area contributed by atoms with Gasteiger partial charge >= 0.3 is 6.03 Å². The number of halogens is 1. The van der Waals surface area contributed by atoms with Crippen molar-refractivity contribution in [1.29, 1.82) is 0 Å². The summed E-state index contributed by atoms with van der Waals surface area (Å²) < 4.78 is 5.35. The minimum absolute atomic E-state index is 0.148. The summed E-state index contributed by atoms with van der Waals surface area (Å²) in [5.41, 5.74) is -0.864. The van der Waals surface area contributed by atoms with Gasteiger partial charge in [-0.25, -0.2) is 4.79 Å². The van der Waals surface area contributed by atoms with Crippen LogP contribution in [0, 0.1) is 10.1 Å². The van der Waals surface area contributed by atoms with E-state index >= 15 is 0 Å². The lowest BCUT2D eigenvalue weighted by Crippen LogP contribution is -2.42. The van der Waals surface area contributed by atoms with Crippen LogP contribution in [-0.2, 0) is 10.3 Å². The van der Waals surface area contributed by atoms with Crippen LogP contribution in [0.2, 0.25) is 5.02 Å². The lowest BCUT2D eigenvalue weighted by molar-refractivity contribution is -0.384. The highest BCUT2D eigenvalue weighted by Crippen LogP contribution is 2.29. The van der Waals surface area contributed by atoms with Crippen molar-refractivity contribution in [2.45, 2.75) is 18.6 Å². The Morgan fingerprint density at radius 2 is 1.97 bits per heavy atom. The van der Waals surface area contributed by atoms with E-state index in [1.807, 2.05) is 0 Å². The number of carbonyl (C=O) groups excluding carboxylic acids is 2. The van der Waals surface area contributed by atoms with Gasteiger partial charge in [0.25, 0.3) is 11.6 Å². The highest BCUT2D eigenvalue weighted by Gasteiger charge is 2.49. The highest BCUT2D eigenvalue weighted by molar-refractivity contribution is 6.30. The first-order valence-electron chi connectivity index (χ1n) is 8.66. The number of ether oxygens (including phenoxy) is 1. The first-order chi connectivity index (χ1) is 13.7. The minimum Gasteiger partial charge on any atom is -0.491 e. The third-order valence-electron chi connectivity index (χ3n) is 4.56. The Hall–Kier alpha value is -3.17. The van der Waals surface area contributed by atoms with E-state index in [0.717, 1.165) is 4.90 Å². The summed E-state index contributed by atoms with van der Waals surface area (Å²) in [6, 6.07) is 11.4. The van der Waals surface area contributed by atoms with Gasteiger partial charge in [0, 0.05) is 11.1 Å². The molecule has 29 heavy (non-hydrogen) atoms. The predicted octanol–water partition coefficient (Wildman–Crippen LogP) is 2.46. The van der Waals surface area contributed by atoms with Crippen LogP contribution in [0.25, 0.3) is 0 Å². The van der Waals surface area contributed by atoms with Gasteiger partial charge < -0.3 is 15.2 Å². The van der Waals surface area contributed by atoms with Crippen LogP contribution in [-0.4, -0.2) is 46.1 Å².